The van der Waals surface area contributed by atoms with Crippen LogP contribution in [0.15, 0.2) is 58.5 Å². The molecule has 0 aliphatic carbocycles. The van der Waals surface area contributed by atoms with Crippen molar-refractivity contribution in [1.29, 1.82) is 0 Å². The highest BCUT2D eigenvalue weighted by Crippen LogP contribution is 2.28. The first-order valence-electron chi connectivity index (χ1n) is 12.6. The van der Waals surface area contributed by atoms with Gasteiger partial charge in [0, 0.05) is 18.8 Å². The number of fused-ring (bicyclic) bond motifs is 1. The lowest BCUT2D eigenvalue weighted by Gasteiger charge is -2.21. The van der Waals surface area contributed by atoms with Gasteiger partial charge in [0.05, 0.1) is 11.4 Å². The number of thioether (sulfide) groups is 1. The minimum Gasteiger partial charge on any atom is -0.342 e. The summed E-state index contributed by atoms with van der Waals surface area (Å²) >= 11 is 8.28. The van der Waals surface area contributed by atoms with E-state index in [2.05, 4.69) is 26.0 Å². The van der Waals surface area contributed by atoms with E-state index in [0.29, 0.717) is 26.0 Å². The van der Waals surface area contributed by atoms with E-state index < -0.39 is 0 Å². The smallest absolute Gasteiger partial charge is 0.278 e. The van der Waals surface area contributed by atoms with Gasteiger partial charge in [-0.3, -0.25) is 18.7 Å². The van der Waals surface area contributed by atoms with E-state index in [1.54, 1.807) is 4.57 Å². The molecule has 194 valence electrons. The highest BCUT2D eigenvalue weighted by Gasteiger charge is 2.21. The number of benzene rings is 2. The molecule has 9 heteroatoms. The summed E-state index contributed by atoms with van der Waals surface area (Å²) in [4.78, 5) is 33.8. The molecule has 0 N–H and O–H groups in total. The van der Waals surface area contributed by atoms with Gasteiger partial charge in [0.1, 0.15) is 4.70 Å². The van der Waals surface area contributed by atoms with E-state index in [-0.39, 0.29) is 17.2 Å². The standard InChI is InChI=1S/C28H32N4O2S3/c1-5-8-17-30(7-3)23(33)18-36-27-29-25-24(26(34)32(27)22-12-10-9-11-19(22)4)37-28(35)31(25)21-15-13-20(6-2)14-16-21/h9-16H,5-8,17-18H2,1-4H3. The van der Waals surface area contributed by atoms with Gasteiger partial charge in [-0.1, -0.05) is 73.7 Å². The summed E-state index contributed by atoms with van der Waals surface area (Å²) in [5, 5.41) is 0.485. The molecule has 2 heterocycles. The lowest BCUT2D eigenvalue weighted by molar-refractivity contribution is -0.128. The van der Waals surface area contributed by atoms with Crippen molar-refractivity contribution in [3.63, 3.8) is 0 Å². The van der Waals surface area contributed by atoms with Crippen LogP contribution in [0.1, 0.15) is 44.7 Å². The Balaban J connectivity index is 1.85. The van der Waals surface area contributed by atoms with Gasteiger partial charge < -0.3 is 4.90 Å². The van der Waals surface area contributed by atoms with Crippen molar-refractivity contribution in [3.8, 4) is 11.4 Å². The Morgan fingerprint density at radius 1 is 1.08 bits per heavy atom. The SMILES string of the molecule is CCCCN(CC)C(=O)CSc1nc2c(sc(=S)n2-c2ccc(CC)cc2)c(=O)n1-c1ccccc1C. The molecular weight excluding hydrogens is 521 g/mol. The largest absolute Gasteiger partial charge is 0.342 e. The summed E-state index contributed by atoms with van der Waals surface area (Å²) in [6.07, 6.45) is 2.94. The molecule has 0 spiro atoms. The van der Waals surface area contributed by atoms with Crippen LogP contribution >= 0.6 is 35.3 Å². The molecule has 0 saturated carbocycles. The van der Waals surface area contributed by atoms with Crippen LogP contribution < -0.4 is 5.56 Å². The zero-order valence-corrected chi connectivity index (χ0v) is 24.1. The number of hydrogen-bond donors (Lipinski definition) is 0. The van der Waals surface area contributed by atoms with Gasteiger partial charge in [0.2, 0.25) is 5.91 Å². The molecule has 0 unspecified atom stereocenters. The number of aromatic nitrogens is 3. The Hall–Kier alpha value is -2.75. The molecule has 1 amide bonds. The molecule has 4 rings (SSSR count). The Kier molecular flexibility index (Phi) is 9.00. The second-order valence-electron chi connectivity index (χ2n) is 8.81. The monoisotopic (exact) mass is 552 g/mol. The molecule has 37 heavy (non-hydrogen) atoms. The fraction of sp³-hybridized carbons (Fsp3) is 0.357. The maximum Gasteiger partial charge on any atom is 0.278 e. The number of hydrogen-bond acceptors (Lipinski definition) is 6. The van der Waals surface area contributed by atoms with Crippen molar-refractivity contribution in [3.05, 3.63) is 74.0 Å². The van der Waals surface area contributed by atoms with Crippen LogP contribution in [0.25, 0.3) is 21.7 Å². The fourth-order valence-corrected chi connectivity index (χ4v) is 6.40. The number of carbonyl (C=O) groups is 1. The van der Waals surface area contributed by atoms with Crippen LogP contribution in [0.2, 0.25) is 0 Å². The van der Waals surface area contributed by atoms with E-state index in [4.69, 9.17) is 17.2 Å². The summed E-state index contributed by atoms with van der Waals surface area (Å²) in [5.74, 6) is 0.251. The third kappa shape index (κ3) is 5.73. The van der Waals surface area contributed by atoms with Crippen LogP contribution in [0.3, 0.4) is 0 Å². The van der Waals surface area contributed by atoms with Gasteiger partial charge in [-0.05, 0) is 68.2 Å². The number of aryl methyl sites for hydroxylation is 2. The third-order valence-corrected chi connectivity index (χ3v) is 8.65. The summed E-state index contributed by atoms with van der Waals surface area (Å²) in [5.41, 5.74) is 4.17. The van der Waals surface area contributed by atoms with Crippen molar-refractivity contribution in [2.24, 2.45) is 0 Å². The molecule has 2 aromatic carbocycles. The molecule has 2 aromatic heterocycles. The zero-order valence-electron chi connectivity index (χ0n) is 21.7. The Bertz CT molecular complexity index is 1520. The Morgan fingerprint density at radius 2 is 1.81 bits per heavy atom. The van der Waals surface area contributed by atoms with E-state index in [1.807, 2.05) is 59.7 Å². The third-order valence-electron chi connectivity index (χ3n) is 6.38. The summed E-state index contributed by atoms with van der Waals surface area (Å²) in [6, 6.07) is 15.9. The number of thiazole rings is 1. The number of amides is 1. The van der Waals surface area contributed by atoms with Gasteiger partial charge in [-0.2, -0.15) is 0 Å². The maximum absolute atomic E-state index is 13.9. The predicted molar refractivity (Wildman–Crippen MR) is 157 cm³/mol. The highest BCUT2D eigenvalue weighted by molar-refractivity contribution is 7.99. The molecular formula is C28H32N4O2S3. The topological polar surface area (TPSA) is 60.1 Å². The van der Waals surface area contributed by atoms with E-state index in [0.717, 1.165) is 42.7 Å². The van der Waals surface area contributed by atoms with Gasteiger partial charge >= 0.3 is 0 Å². The fourth-order valence-electron chi connectivity index (χ4n) is 4.19. The Labute approximate surface area is 231 Å². The van der Waals surface area contributed by atoms with Crippen molar-refractivity contribution in [2.75, 3.05) is 18.8 Å². The molecule has 0 bridgehead atoms. The van der Waals surface area contributed by atoms with Crippen molar-refractivity contribution in [2.45, 2.75) is 52.1 Å². The molecule has 0 aliphatic heterocycles. The zero-order chi connectivity index (χ0) is 26.5. The number of para-hydroxylation sites is 1. The normalized spacial score (nSPS) is 11.2. The Morgan fingerprint density at radius 3 is 2.46 bits per heavy atom. The van der Waals surface area contributed by atoms with E-state index >= 15 is 0 Å². The summed E-state index contributed by atoms with van der Waals surface area (Å²) < 4.78 is 4.56. The first-order chi connectivity index (χ1) is 17.9. The van der Waals surface area contributed by atoms with Crippen LogP contribution in [-0.2, 0) is 11.2 Å². The second-order valence-corrected chi connectivity index (χ2v) is 11.4. The average molecular weight is 553 g/mol. The quantitative estimate of drug-likeness (QED) is 0.126. The summed E-state index contributed by atoms with van der Waals surface area (Å²) in [6.45, 7) is 9.59. The first kappa shape index (κ1) is 27.3. The minimum absolute atomic E-state index is 0.0453. The van der Waals surface area contributed by atoms with Crippen molar-refractivity contribution in [1.82, 2.24) is 19.0 Å². The highest BCUT2D eigenvalue weighted by atomic mass is 32.2. The predicted octanol–water partition coefficient (Wildman–Crippen LogP) is 6.58. The number of carbonyl (C=O) groups excluding carboxylic acids is 1. The van der Waals surface area contributed by atoms with Crippen molar-refractivity contribution < 1.29 is 4.79 Å². The molecule has 0 aliphatic rings. The van der Waals surface area contributed by atoms with Crippen molar-refractivity contribution >= 4 is 51.6 Å². The first-order valence-corrected chi connectivity index (χ1v) is 14.8. The van der Waals surface area contributed by atoms with Gasteiger partial charge in [-0.15, -0.1) is 0 Å². The summed E-state index contributed by atoms with van der Waals surface area (Å²) in [7, 11) is 0. The van der Waals surface area contributed by atoms with Gasteiger partial charge in [-0.25, -0.2) is 4.98 Å². The van der Waals surface area contributed by atoms with Crippen LogP contribution in [0.5, 0.6) is 0 Å². The lowest BCUT2D eigenvalue weighted by atomic mass is 10.1. The van der Waals surface area contributed by atoms with Gasteiger partial charge in [0.25, 0.3) is 5.56 Å². The second kappa shape index (κ2) is 12.2. The average Bonchev–Trinajstić information content (AvgIpc) is 3.24. The molecule has 0 radical (unpaired) electrons. The molecule has 4 aromatic rings. The minimum atomic E-state index is -0.174. The van der Waals surface area contributed by atoms with E-state index in [9.17, 15) is 9.59 Å². The lowest BCUT2D eigenvalue weighted by Crippen LogP contribution is -2.33. The van der Waals surface area contributed by atoms with Crippen LogP contribution in [-0.4, -0.2) is 43.8 Å². The maximum atomic E-state index is 13.9. The molecule has 0 atom stereocenters. The number of rotatable bonds is 10. The molecule has 6 nitrogen and oxygen atoms in total. The number of unbranched alkanes of at least 4 members (excludes halogenated alkanes) is 1. The number of nitrogens with zero attached hydrogens (tertiary/aromatic N) is 4. The van der Waals surface area contributed by atoms with Crippen LogP contribution in [0.4, 0.5) is 0 Å². The van der Waals surface area contributed by atoms with Crippen LogP contribution in [0, 0.1) is 10.9 Å². The van der Waals surface area contributed by atoms with E-state index in [1.165, 1.54) is 28.7 Å². The van der Waals surface area contributed by atoms with Gasteiger partial charge in [0.15, 0.2) is 14.8 Å². The molecule has 0 fully saturated rings. The molecule has 0 saturated heterocycles.